The topological polar surface area (TPSA) is 83.3 Å². The summed E-state index contributed by atoms with van der Waals surface area (Å²) in [4.78, 5) is 14.1. The van der Waals surface area contributed by atoms with Gasteiger partial charge in [-0.1, -0.05) is 17.3 Å². The highest BCUT2D eigenvalue weighted by Gasteiger charge is 2.22. The minimum atomic E-state index is 0.0323. The number of aromatic nitrogens is 3. The third kappa shape index (κ3) is 5.20. The highest BCUT2D eigenvalue weighted by atomic mass is 16.3. The molecule has 2 heterocycles. The number of aryl methyl sites for hydroxylation is 1. The normalized spacial score (nSPS) is 15.3. The molecular formula is C18H25N5O2. The minimum Gasteiger partial charge on any atom is -0.508 e. The van der Waals surface area contributed by atoms with Gasteiger partial charge in [-0.05, 0) is 49.3 Å². The van der Waals surface area contributed by atoms with Crippen LogP contribution in [-0.2, 0) is 13.0 Å². The van der Waals surface area contributed by atoms with Gasteiger partial charge in [0, 0.05) is 32.4 Å². The Balaban J connectivity index is 1.32. The van der Waals surface area contributed by atoms with Crippen molar-refractivity contribution in [2.24, 2.45) is 5.92 Å². The molecule has 1 aromatic heterocycles. The molecule has 0 unspecified atom stereocenters. The third-order valence-corrected chi connectivity index (χ3v) is 4.67. The molecule has 7 nitrogen and oxygen atoms in total. The van der Waals surface area contributed by atoms with E-state index in [2.05, 4.69) is 15.6 Å². The van der Waals surface area contributed by atoms with Crippen LogP contribution in [0, 0.1) is 5.92 Å². The molecule has 2 aromatic rings. The van der Waals surface area contributed by atoms with Crippen LogP contribution in [0.4, 0.5) is 4.79 Å². The summed E-state index contributed by atoms with van der Waals surface area (Å²) in [5.74, 6) is 0.838. The molecule has 0 bridgehead atoms. The molecule has 3 rings (SSSR count). The number of urea groups is 1. The summed E-state index contributed by atoms with van der Waals surface area (Å²) in [6.45, 7) is 3.13. The third-order valence-electron chi connectivity index (χ3n) is 4.67. The van der Waals surface area contributed by atoms with Crippen LogP contribution in [0.2, 0.25) is 0 Å². The van der Waals surface area contributed by atoms with E-state index in [-0.39, 0.29) is 11.8 Å². The van der Waals surface area contributed by atoms with Gasteiger partial charge in [0.1, 0.15) is 5.75 Å². The van der Waals surface area contributed by atoms with Gasteiger partial charge in [-0.15, -0.1) is 5.10 Å². The number of nitrogens with zero attached hydrogens (tertiary/aromatic N) is 4. The first kappa shape index (κ1) is 17.3. The van der Waals surface area contributed by atoms with E-state index < -0.39 is 0 Å². The van der Waals surface area contributed by atoms with Crippen molar-refractivity contribution in [2.45, 2.75) is 32.2 Å². The highest BCUT2D eigenvalue weighted by Crippen LogP contribution is 2.18. The number of rotatable bonds is 6. The van der Waals surface area contributed by atoms with E-state index in [1.807, 2.05) is 27.9 Å². The SMILES string of the molecule is O=C(NCCCc1ccc(O)cc1)N1CCC(Cn2ccnn2)CC1. The maximum Gasteiger partial charge on any atom is 0.317 e. The van der Waals surface area contributed by atoms with Gasteiger partial charge in [-0.25, -0.2) is 4.79 Å². The molecule has 1 aliphatic rings. The van der Waals surface area contributed by atoms with Crippen molar-refractivity contribution >= 4 is 6.03 Å². The molecule has 1 aliphatic heterocycles. The van der Waals surface area contributed by atoms with E-state index in [1.54, 1.807) is 18.3 Å². The van der Waals surface area contributed by atoms with E-state index in [0.717, 1.165) is 45.3 Å². The number of carbonyl (C=O) groups excluding carboxylic acids is 1. The lowest BCUT2D eigenvalue weighted by atomic mass is 9.97. The zero-order chi connectivity index (χ0) is 17.5. The minimum absolute atomic E-state index is 0.0323. The molecule has 1 aromatic carbocycles. The van der Waals surface area contributed by atoms with Gasteiger partial charge < -0.3 is 15.3 Å². The highest BCUT2D eigenvalue weighted by molar-refractivity contribution is 5.74. The number of nitrogens with one attached hydrogen (secondary N) is 1. The Hall–Kier alpha value is -2.57. The van der Waals surface area contributed by atoms with Crippen molar-refractivity contribution in [3.8, 4) is 5.75 Å². The summed E-state index contributed by atoms with van der Waals surface area (Å²) in [6, 6.07) is 7.24. The summed E-state index contributed by atoms with van der Waals surface area (Å²) in [5, 5.41) is 20.1. The van der Waals surface area contributed by atoms with Crippen LogP contribution < -0.4 is 5.32 Å². The van der Waals surface area contributed by atoms with E-state index >= 15 is 0 Å². The second-order valence-electron chi connectivity index (χ2n) is 6.56. The Kier molecular flexibility index (Phi) is 5.87. The Morgan fingerprint density at radius 1 is 1.24 bits per heavy atom. The smallest absolute Gasteiger partial charge is 0.317 e. The van der Waals surface area contributed by atoms with Crippen LogP contribution in [0.3, 0.4) is 0 Å². The summed E-state index contributed by atoms with van der Waals surface area (Å²) in [5.41, 5.74) is 1.17. The average Bonchev–Trinajstić information content (AvgIpc) is 3.14. The Morgan fingerprint density at radius 3 is 2.68 bits per heavy atom. The first-order chi connectivity index (χ1) is 12.2. The molecule has 0 atom stereocenters. The fourth-order valence-corrected chi connectivity index (χ4v) is 3.18. The number of carbonyl (C=O) groups is 1. The standard InChI is InChI=1S/C18H25N5O2/c24-17-5-3-15(4-6-17)2-1-9-19-18(25)22-11-7-16(8-12-22)14-23-13-10-20-21-23/h3-6,10,13,16,24H,1-2,7-9,11-12,14H2,(H,19,25). The predicted molar refractivity (Wildman–Crippen MR) is 94.1 cm³/mol. The number of phenolic OH excluding ortho intramolecular Hbond substituents is 1. The van der Waals surface area contributed by atoms with Gasteiger partial charge in [-0.3, -0.25) is 4.68 Å². The van der Waals surface area contributed by atoms with Crippen LogP contribution >= 0.6 is 0 Å². The van der Waals surface area contributed by atoms with Gasteiger partial charge in [-0.2, -0.15) is 0 Å². The summed E-state index contributed by atoms with van der Waals surface area (Å²) in [7, 11) is 0. The lowest BCUT2D eigenvalue weighted by Crippen LogP contribution is -2.45. The fourth-order valence-electron chi connectivity index (χ4n) is 3.18. The molecule has 0 spiro atoms. The van der Waals surface area contributed by atoms with E-state index in [0.29, 0.717) is 12.5 Å². The van der Waals surface area contributed by atoms with Crippen molar-refractivity contribution in [2.75, 3.05) is 19.6 Å². The second-order valence-corrected chi connectivity index (χ2v) is 6.56. The van der Waals surface area contributed by atoms with E-state index in [1.165, 1.54) is 5.56 Å². The molecule has 134 valence electrons. The lowest BCUT2D eigenvalue weighted by Gasteiger charge is -2.31. The average molecular weight is 343 g/mol. The van der Waals surface area contributed by atoms with Crippen molar-refractivity contribution in [3.63, 3.8) is 0 Å². The molecular weight excluding hydrogens is 318 g/mol. The van der Waals surface area contributed by atoms with Crippen molar-refractivity contribution in [3.05, 3.63) is 42.2 Å². The Labute approximate surface area is 147 Å². The quantitative estimate of drug-likeness (QED) is 0.786. The molecule has 1 saturated heterocycles. The number of likely N-dealkylation sites (tertiary alicyclic amines) is 1. The monoisotopic (exact) mass is 343 g/mol. The fraction of sp³-hybridized carbons (Fsp3) is 0.500. The van der Waals surface area contributed by atoms with Gasteiger partial charge in [0.05, 0.1) is 6.20 Å². The van der Waals surface area contributed by atoms with Crippen LogP contribution in [-0.4, -0.2) is 50.7 Å². The molecule has 0 aliphatic carbocycles. The summed E-state index contributed by atoms with van der Waals surface area (Å²) < 4.78 is 1.86. The molecule has 1 fully saturated rings. The van der Waals surface area contributed by atoms with Crippen molar-refractivity contribution in [1.82, 2.24) is 25.2 Å². The summed E-state index contributed by atoms with van der Waals surface area (Å²) >= 11 is 0. The van der Waals surface area contributed by atoms with E-state index in [9.17, 15) is 9.90 Å². The number of amides is 2. The van der Waals surface area contributed by atoms with Gasteiger partial charge in [0.25, 0.3) is 0 Å². The molecule has 0 saturated carbocycles. The van der Waals surface area contributed by atoms with E-state index in [4.69, 9.17) is 0 Å². The largest absolute Gasteiger partial charge is 0.508 e. The van der Waals surface area contributed by atoms with Gasteiger partial charge in [0.2, 0.25) is 0 Å². The molecule has 0 radical (unpaired) electrons. The maximum absolute atomic E-state index is 12.2. The van der Waals surface area contributed by atoms with Gasteiger partial charge >= 0.3 is 6.03 Å². The zero-order valence-corrected chi connectivity index (χ0v) is 14.3. The van der Waals surface area contributed by atoms with Crippen LogP contribution in [0.5, 0.6) is 5.75 Å². The number of phenols is 1. The maximum atomic E-state index is 12.2. The number of hydrogen-bond donors (Lipinski definition) is 2. The molecule has 25 heavy (non-hydrogen) atoms. The van der Waals surface area contributed by atoms with Crippen LogP contribution in [0.15, 0.2) is 36.7 Å². The lowest BCUT2D eigenvalue weighted by molar-refractivity contribution is 0.164. The van der Waals surface area contributed by atoms with Crippen LogP contribution in [0.25, 0.3) is 0 Å². The summed E-state index contributed by atoms with van der Waals surface area (Å²) in [6.07, 6.45) is 7.36. The number of hydrogen-bond acceptors (Lipinski definition) is 4. The zero-order valence-electron chi connectivity index (χ0n) is 14.3. The number of benzene rings is 1. The molecule has 2 N–H and O–H groups in total. The Morgan fingerprint density at radius 2 is 2.00 bits per heavy atom. The van der Waals surface area contributed by atoms with Crippen molar-refractivity contribution in [1.29, 1.82) is 0 Å². The molecule has 7 heteroatoms. The molecule has 2 amide bonds. The number of piperidine rings is 1. The van der Waals surface area contributed by atoms with Gasteiger partial charge in [0.15, 0.2) is 0 Å². The first-order valence-corrected chi connectivity index (χ1v) is 8.85. The second kappa shape index (κ2) is 8.50. The van der Waals surface area contributed by atoms with Crippen molar-refractivity contribution < 1.29 is 9.90 Å². The predicted octanol–water partition coefficient (Wildman–Crippen LogP) is 2.04. The van der Waals surface area contributed by atoms with Crippen LogP contribution in [0.1, 0.15) is 24.8 Å². The number of aromatic hydroxyl groups is 1. The Bertz CT molecular complexity index is 649. The first-order valence-electron chi connectivity index (χ1n) is 8.85.